The van der Waals surface area contributed by atoms with Crippen LogP contribution in [0.25, 0.3) is 0 Å². The molecule has 0 unspecified atom stereocenters. The van der Waals surface area contributed by atoms with Gasteiger partial charge in [0.15, 0.2) is 0 Å². The summed E-state index contributed by atoms with van der Waals surface area (Å²) in [5.74, 6) is 0. The first-order valence-corrected chi connectivity index (χ1v) is 16.3. The molecule has 0 nitrogen and oxygen atoms in total. The van der Waals surface area contributed by atoms with E-state index >= 15 is 0 Å². The van der Waals surface area contributed by atoms with Crippen LogP contribution in [0.5, 0.6) is 0 Å². The second-order valence-corrected chi connectivity index (χ2v) is 18.9. The van der Waals surface area contributed by atoms with E-state index in [-0.39, 0.29) is 18.2 Å². The average molecular weight is 517 g/mol. The lowest BCUT2D eigenvalue weighted by molar-refractivity contribution is 0.792. The SMILES string of the molecule is CC(C)(C)P(=S)(c1ccccc1)c1ccccc1.CC(C)(C)P(c1ccccc1)c1ccccc1. The van der Waals surface area contributed by atoms with E-state index in [1.807, 2.05) is 0 Å². The van der Waals surface area contributed by atoms with Gasteiger partial charge in [0.2, 0.25) is 0 Å². The fourth-order valence-corrected chi connectivity index (χ4v) is 10.8. The van der Waals surface area contributed by atoms with Crippen molar-refractivity contribution in [1.29, 1.82) is 0 Å². The van der Waals surface area contributed by atoms with Crippen LogP contribution >= 0.6 is 14.0 Å². The predicted molar refractivity (Wildman–Crippen MR) is 165 cm³/mol. The number of benzene rings is 4. The smallest absolute Gasteiger partial charge is 0.0156 e. The van der Waals surface area contributed by atoms with E-state index < -0.39 is 6.04 Å². The maximum absolute atomic E-state index is 6.18. The summed E-state index contributed by atoms with van der Waals surface area (Å²) >= 11 is 6.18. The summed E-state index contributed by atoms with van der Waals surface area (Å²) in [4.78, 5) is 0. The lowest BCUT2D eigenvalue weighted by Crippen LogP contribution is -2.30. The molecule has 4 aromatic rings. The van der Waals surface area contributed by atoms with Crippen molar-refractivity contribution in [3.8, 4) is 0 Å². The Kier molecular flexibility index (Phi) is 9.28. The highest BCUT2D eigenvalue weighted by Gasteiger charge is 2.34. The Balaban J connectivity index is 0.000000196. The maximum atomic E-state index is 6.18. The third-order valence-corrected chi connectivity index (χ3v) is 15.7. The monoisotopic (exact) mass is 516 g/mol. The fourth-order valence-electron chi connectivity index (χ4n) is 4.28. The van der Waals surface area contributed by atoms with Crippen LogP contribution in [-0.2, 0) is 11.8 Å². The van der Waals surface area contributed by atoms with E-state index in [0.717, 1.165) is 0 Å². The summed E-state index contributed by atoms with van der Waals surface area (Å²) in [7, 11) is -0.292. The van der Waals surface area contributed by atoms with Gasteiger partial charge in [-0.2, -0.15) is 0 Å². The van der Waals surface area contributed by atoms with Gasteiger partial charge in [0.1, 0.15) is 0 Å². The van der Waals surface area contributed by atoms with Gasteiger partial charge in [0.05, 0.1) is 0 Å². The molecule has 0 atom stereocenters. The van der Waals surface area contributed by atoms with E-state index in [4.69, 9.17) is 11.8 Å². The molecule has 0 spiro atoms. The van der Waals surface area contributed by atoms with Gasteiger partial charge in [-0.3, -0.25) is 0 Å². The quantitative estimate of drug-likeness (QED) is 0.249. The van der Waals surface area contributed by atoms with Gasteiger partial charge in [0.25, 0.3) is 0 Å². The van der Waals surface area contributed by atoms with Crippen molar-refractivity contribution in [2.24, 2.45) is 0 Å². The zero-order chi connectivity index (χ0) is 25.5. The summed E-state index contributed by atoms with van der Waals surface area (Å²) in [6.07, 6.45) is 0. The molecule has 4 rings (SSSR count). The van der Waals surface area contributed by atoms with E-state index in [9.17, 15) is 0 Å². The minimum absolute atomic E-state index is 0.0883. The molecule has 3 heteroatoms. The summed E-state index contributed by atoms with van der Waals surface area (Å²) in [5, 5.41) is 5.91. The minimum atomic E-state index is -1.77. The first-order valence-electron chi connectivity index (χ1n) is 12.2. The molecule has 35 heavy (non-hydrogen) atoms. The second-order valence-electron chi connectivity index (χ2n) is 10.6. The molecule has 0 amide bonds. The highest BCUT2D eigenvalue weighted by atomic mass is 32.4. The van der Waals surface area contributed by atoms with Gasteiger partial charge >= 0.3 is 0 Å². The van der Waals surface area contributed by atoms with Gasteiger partial charge in [-0.05, 0) is 39.5 Å². The molecular formula is C32H38P2S. The van der Waals surface area contributed by atoms with Crippen molar-refractivity contribution in [2.45, 2.75) is 51.9 Å². The molecule has 0 saturated heterocycles. The van der Waals surface area contributed by atoms with Gasteiger partial charge < -0.3 is 0 Å². The van der Waals surface area contributed by atoms with Crippen molar-refractivity contribution in [3.05, 3.63) is 121 Å². The highest BCUT2D eigenvalue weighted by Crippen LogP contribution is 2.55. The molecule has 0 aliphatic carbocycles. The van der Waals surface area contributed by atoms with E-state index in [1.54, 1.807) is 0 Å². The summed E-state index contributed by atoms with van der Waals surface area (Å²) in [5.41, 5.74) is 0. The van der Waals surface area contributed by atoms with Crippen LogP contribution in [0.3, 0.4) is 0 Å². The Morgan fingerprint density at radius 2 is 0.771 bits per heavy atom. The van der Waals surface area contributed by atoms with Crippen LogP contribution in [0, 0.1) is 0 Å². The van der Waals surface area contributed by atoms with Crippen molar-refractivity contribution in [1.82, 2.24) is 0 Å². The Morgan fingerprint density at radius 1 is 0.486 bits per heavy atom. The largest absolute Gasteiger partial charge is 0.0871 e. The molecule has 0 N–H and O–H groups in total. The molecule has 0 heterocycles. The van der Waals surface area contributed by atoms with Crippen LogP contribution in [0.4, 0.5) is 0 Å². The molecule has 182 valence electrons. The normalized spacial score (nSPS) is 12.1. The van der Waals surface area contributed by atoms with Gasteiger partial charge in [-0.15, -0.1) is 0 Å². The minimum Gasteiger partial charge on any atom is -0.0871 e. The van der Waals surface area contributed by atoms with Crippen molar-refractivity contribution < 1.29 is 0 Å². The number of hydrogen-bond donors (Lipinski definition) is 0. The second kappa shape index (κ2) is 11.8. The molecule has 0 aromatic heterocycles. The predicted octanol–water partition coefficient (Wildman–Crippen LogP) is 7.83. The van der Waals surface area contributed by atoms with Crippen LogP contribution in [0.2, 0.25) is 0 Å². The fraction of sp³-hybridized carbons (Fsp3) is 0.250. The molecule has 0 fully saturated rings. The Morgan fingerprint density at radius 3 is 1.03 bits per heavy atom. The lowest BCUT2D eigenvalue weighted by atomic mass is 10.3. The third kappa shape index (κ3) is 6.80. The van der Waals surface area contributed by atoms with E-state index in [0.29, 0.717) is 0 Å². The number of rotatable bonds is 4. The Hall–Kier alpha value is -2.04. The van der Waals surface area contributed by atoms with Crippen LogP contribution in [0.15, 0.2) is 121 Å². The highest BCUT2D eigenvalue weighted by molar-refractivity contribution is 8.22. The van der Waals surface area contributed by atoms with Crippen LogP contribution in [-0.4, -0.2) is 10.3 Å². The van der Waals surface area contributed by atoms with Gasteiger partial charge in [-0.25, -0.2) is 0 Å². The lowest BCUT2D eigenvalue weighted by Gasteiger charge is -2.36. The zero-order valence-electron chi connectivity index (χ0n) is 21.8. The third-order valence-electron chi connectivity index (χ3n) is 5.88. The first kappa shape index (κ1) is 27.5. The topological polar surface area (TPSA) is 0 Å². The molecule has 0 saturated carbocycles. The van der Waals surface area contributed by atoms with Gasteiger partial charge in [0, 0.05) is 6.04 Å². The standard InChI is InChI=1S/C16H19PS.C16H19P/c1-16(2,3)17(18,14-10-6-4-7-11-14)15-12-8-5-9-13-15;1-16(2,3)17(14-10-6-4-7-11-14)15-12-8-5-9-13-15/h4-13H,1-3H3;4-13H,1-3H3. The van der Waals surface area contributed by atoms with Gasteiger partial charge in [-0.1, -0.05) is 175 Å². The average Bonchev–Trinajstić information content (AvgIpc) is 2.85. The summed E-state index contributed by atoms with van der Waals surface area (Å²) in [6.45, 7) is 13.8. The first-order chi connectivity index (χ1) is 16.5. The van der Waals surface area contributed by atoms with E-state index in [2.05, 4.69) is 163 Å². The van der Waals surface area contributed by atoms with Crippen molar-refractivity contribution in [2.75, 3.05) is 0 Å². The molecule has 0 radical (unpaired) electrons. The van der Waals surface area contributed by atoms with Crippen molar-refractivity contribution >= 4 is 47.0 Å². The van der Waals surface area contributed by atoms with E-state index in [1.165, 1.54) is 21.2 Å². The molecular weight excluding hydrogens is 478 g/mol. The summed E-state index contributed by atoms with van der Waals surface area (Å²) in [6, 6.07) is 41.1. The maximum Gasteiger partial charge on any atom is 0.0156 e. The molecule has 0 aliphatic rings. The molecule has 4 aromatic carbocycles. The van der Waals surface area contributed by atoms with Crippen LogP contribution in [0.1, 0.15) is 41.5 Å². The molecule has 0 aliphatic heterocycles. The molecule has 0 bridgehead atoms. The van der Waals surface area contributed by atoms with Crippen molar-refractivity contribution in [3.63, 3.8) is 0 Å². The Bertz CT molecular complexity index is 1120. The summed E-state index contributed by atoms with van der Waals surface area (Å²) < 4.78 is 0. The zero-order valence-corrected chi connectivity index (χ0v) is 24.5. The number of hydrogen-bond acceptors (Lipinski definition) is 1. The van der Waals surface area contributed by atoms with Crippen LogP contribution < -0.4 is 21.2 Å². The Labute approximate surface area is 219 Å².